The van der Waals surface area contributed by atoms with Gasteiger partial charge in [0.1, 0.15) is 0 Å². The van der Waals surface area contributed by atoms with Gasteiger partial charge in [-0.3, -0.25) is 9.59 Å². The second kappa shape index (κ2) is 7.09. The number of rotatable bonds is 6. The van der Waals surface area contributed by atoms with E-state index in [0.29, 0.717) is 5.56 Å². The highest BCUT2D eigenvalue weighted by molar-refractivity contribution is 8.01. The molecule has 0 bridgehead atoms. The van der Waals surface area contributed by atoms with E-state index in [2.05, 4.69) is 12.2 Å². The van der Waals surface area contributed by atoms with Crippen LogP contribution >= 0.6 is 11.8 Å². The molecule has 4 nitrogen and oxygen atoms in total. The van der Waals surface area contributed by atoms with Gasteiger partial charge in [0.2, 0.25) is 5.91 Å². The zero-order valence-corrected chi connectivity index (χ0v) is 14.7. The van der Waals surface area contributed by atoms with E-state index in [9.17, 15) is 9.59 Å². The van der Waals surface area contributed by atoms with E-state index in [1.54, 1.807) is 5.41 Å². The molecule has 1 heterocycles. The van der Waals surface area contributed by atoms with Gasteiger partial charge >= 0.3 is 0 Å². The summed E-state index contributed by atoms with van der Waals surface area (Å²) in [6.45, 7) is 2.84. The van der Waals surface area contributed by atoms with Gasteiger partial charge in [0.15, 0.2) is 0 Å². The molecule has 2 amide bonds. The fraction of sp³-hybridized carbons (Fsp3) is 0.263. The van der Waals surface area contributed by atoms with Crippen molar-refractivity contribution in [3.8, 4) is 0 Å². The highest BCUT2D eigenvalue weighted by Gasteiger charge is 2.29. The monoisotopic (exact) mass is 340 g/mol. The average Bonchev–Trinajstić information content (AvgIpc) is 2.87. The van der Waals surface area contributed by atoms with Gasteiger partial charge in [-0.2, -0.15) is 0 Å². The molecule has 0 radical (unpaired) electrons. The number of nitrogens with one attached hydrogen (secondary N) is 1. The lowest BCUT2D eigenvalue weighted by atomic mass is 10.0. The minimum Gasteiger partial charge on any atom is -0.322 e. The molecule has 0 aromatic heterocycles. The molecule has 0 spiro atoms. The molecule has 0 saturated carbocycles. The molecule has 5 heteroatoms. The summed E-state index contributed by atoms with van der Waals surface area (Å²) in [5.74, 6) is -0.118. The molecule has 0 aliphatic carbocycles. The predicted octanol–water partition coefficient (Wildman–Crippen LogP) is 4.42. The molecule has 24 heavy (non-hydrogen) atoms. The number of benzene rings is 2. The molecule has 0 atom stereocenters. The number of carbonyl (C=O) groups excluding carboxylic acids is 2. The van der Waals surface area contributed by atoms with Gasteiger partial charge in [-0.05, 0) is 36.3 Å². The van der Waals surface area contributed by atoms with Crippen LogP contribution in [-0.2, 0) is 4.79 Å². The minimum atomic E-state index is -0.169. The van der Waals surface area contributed by atoms with Crippen molar-refractivity contribution in [3.05, 3.63) is 47.4 Å². The predicted molar refractivity (Wildman–Crippen MR) is 102 cm³/mol. The average molecular weight is 340 g/mol. The van der Waals surface area contributed by atoms with Crippen molar-refractivity contribution in [2.24, 2.45) is 0 Å². The summed E-state index contributed by atoms with van der Waals surface area (Å²) in [5, 5.41) is 6.49. The molecule has 0 saturated heterocycles. The van der Waals surface area contributed by atoms with Crippen LogP contribution in [0.5, 0.6) is 0 Å². The maximum atomic E-state index is 12.7. The molecule has 1 N–H and O–H groups in total. The normalized spacial score (nSPS) is 13.2. The third kappa shape index (κ3) is 2.91. The van der Waals surface area contributed by atoms with E-state index < -0.39 is 0 Å². The van der Waals surface area contributed by atoms with Crippen molar-refractivity contribution >= 4 is 45.7 Å². The maximum absolute atomic E-state index is 12.7. The van der Waals surface area contributed by atoms with Gasteiger partial charge in [0.25, 0.3) is 5.91 Å². The van der Waals surface area contributed by atoms with Crippen LogP contribution < -0.4 is 10.2 Å². The van der Waals surface area contributed by atoms with Crippen LogP contribution in [0.4, 0.5) is 11.4 Å². The van der Waals surface area contributed by atoms with Crippen molar-refractivity contribution in [2.75, 3.05) is 23.0 Å². The van der Waals surface area contributed by atoms with Crippen LogP contribution in [0.1, 0.15) is 30.1 Å². The van der Waals surface area contributed by atoms with Gasteiger partial charge < -0.3 is 10.2 Å². The Hall–Kier alpha value is -2.27. The van der Waals surface area contributed by atoms with Crippen LogP contribution in [0.25, 0.3) is 10.8 Å². The number of nitrogens with zero attached hydrogens (tertiary/aromatic N) is 1. The first-order valence-electron chi connectivity index (χ1n) is 8.05. The summed E-state index contributed by atoms with van der Waals surface area (Å²) in [4.78, 5) is 26.5. The van der Waals surface area contributed by atoms with E-state index in [-0.39, 0.29) is 11.8 Å². The first-order chi connectivity index (χ1) is 11.7. The van der Waals surface area contributed by atoms with Crippen molar-refractivity contribution in [1.29, 1.82) is 0 Å². The van der Waals surface area contributed by atoms with Crippen LogP contribution in [0.3, 0.4) is 0 Å². The topological polar surface area (TPSA) is 49.4 Å². The van der Waals surface area contributed by atoms with Crippen molar-refractivity contribution in [3.63, 3.8) is 0 Å². The lowest BCUT2D eigenvalue weighted by molar-refractivity contribution is -0.111. The summed E-state index contributed by atoms with van der Waals surface area (Å²) in [7, 11) is 0. The standard InChI is InChI=1S/C19H20N2O2S/c1-3-4-11-21-16-9-8-15(20-17(22)10-12-24-2)13-6-5-7-14(18(13)16)19(21)23/h5-10,12H,3-4,11H2,1-2H3,(H,20,22)/b12-10+. The largest absolute Gasteiger partial charge is 0.322 e. The van der Waals surface area contributed by atoms with Gasteiger partial charge in [0, 0.05) is 34.6 Å². The Morgan fingerprint density at radius 3 is 2.88 bits per heavy atom. The molecule has 0 unspecified atom stereocenters. The highest BCUT2D eigenvalue weighted by atomic mass is 32.2. The number of hydrogen-bond acceptors (Lipinski definition) is 3. The fourth-order valence-electron chi connectivity index (χ4n) is 3.00. The van der Waals surface area contributed by atoms with Crippen LogP contribution in [-0.4, -0.2) is 24.6 Å². The summed E-state index contributed by atoms with van der Waals surface area (Å²) in [6.07, 6.45) is 5.42. The Balaban J connectivity index is 2.02. The Bertz CT molecular complexity index is 829. The molecule has 124 valence electrons. The number of amides is 2. The van der Waals surface area contributed by atoms with Crippen LogP contribution in [0.15, 0.2) is 41.8 Å². The van der Waals surface area contributed by atoms with Crippen molar-refractivity contribution < 1.29 is 9.59 Å². The third-order valence-corrected chi connectivity index (χ3v) is 4.54. The Kier molecular flexibility index (Phi) is 4.90. The van der Waals surface area contributed by atoms with Gasteiger partial charge in [0.05, 0.1) is 5.69 Å². The van der Waals surface area contributed by atoms with E-state index in [4.69, 9.17) is 0 Å². The first-order valence-corrected chi connectivity index (χ1v) is 9.34. The first kappa shape index (κ1) is 16.6. The molecular weight excluding hydrogens is 320 g/mol. The van der Waals surface area contributed by atoms with Gasteiger partial charge in [-0.15, -0.1) is 11.8 Å². The number of hydrogen-bond donors (Lipinski definition) is 1. The van der Waals surface area contributed by atoms with Crippen LogP contribution in [0, 0.1) is 0 Å². The van der Waals surface area contributed by atoms with Crippen LogP contribution in [0.2, 0.25) is 0 Å². The number of thioether (sulfide) groups is 1. The van der Waals surface area contributed by atoms with Gasteiger partial charge in [-0.25, -0.2) is 0 Å². The quantitative estimate of drug-likeness (QED) is 0.792. The smallest absolute Gasteiger partial charge is 0.258 e. The molecule has 1 aliphatic heterocycles. The number of anilines is 2. The lowest BCUT2D eigenvalue weighted by Gasteiger charge is -2.17. The Labute approximate surface area is 145 Å². The SMILES string of the molecule is CCCCN1C(=O)c2cccc3c(NC(=O)/C=C/SC)ccc1c23. The summed E-state index contributed by atoms with van der Waals surface area (Å²) < 4.78 is 0. The zero-order chi connectivity index (χ0) is 17.1. The Morgan fingerprint density at radius 2 is 2.12 bits per heavy atom. The second-order valence-electron chi connectivity index (χ2n) is 5.70. The highest BCUT2D eigenvalue weighted by Crippen LogP contribution is 2.40. The molecule has 3 rings (SSSR count). The summed E-state index contributed by atoms with van der Waals surface area (Å²) >= 11 is 1.47. The zero-order valence-electron chi connectivity index (χ0n) is 13.8. The summed E-state index contributed by atoms with van der Waals surface area (Å²) in [5.41, 5.74) is 2.39. The van der Waals surface area contributed by atoms with E-state index in [1.807, 2.05) is 41.5 Å². The van der Waals surface area contributed by atoms with E-state index >= 15 is 0 Å². The van der Waals surface area contributed by atoms with Gasteiger partial charge in [-0.1, -0.05) is 25.5 Å². The number of carbonyl (C=O) groups is 2. The Morgan fingerprint density at radius 1 is 1.29 bits per heavy atom. The molecule has 0 fully saturated rings. The lowest BCUT2D eigenvalue weighted by Crippen LogP contribution is -2.27. The number of unbranched alkanes of at least 4 members (excludes halogenated alkanes) is 1. The van der Waals surface area contributed by atoms with Crippen molar-refractivity contribution in [2.45, 2.75) is 19.8 Å². The minimum absolute atomic E-state index is 0.0507. The molecule has 1 aliphatic rings. The summed E-state index contributed by atoms with van der Waals surface area (Å²) in [6, 6.07) is 9.49. The molecule has 2 aromatic rings. The van der Waals surface area contributed by atoms with E-state index in [0.717, 1.165) is 41.5 Å². The maximum Gasteiger partial charge on any atom is 0.258 e. The van der Waals surface area contributed by atoms with Crippen molar-refractivity contribution in [1.82, 2.24) is 0 Å². The molecular formula is C19H20N2O2S. The fourth-order valence-corrected chi connectivity index (χ4v) is 3.26. The third-order valence-electron chi connectivity index (χ3n) is 4.13. The second-order valence-corrected chi connectivity index (χ2v) is 6.44. The van der Waals surface area contributed by atoms with E-state index in [1.165, 1.54) is 17.8 Å². The molecule has 2 aromatic carbocycles.